The highest BCUT2D eigenvalue weighted by Crippen LogP contribution is 2.23. The van der Waals surface area contributed by atoms with Crippen LogP contribution in [0.15, 0.2) is 79.1 Å². The molecule has 30 heavy (non-hydrogen) atoms. The second-order valence-electron chi connectivity index (χ2n) is 8.35. The first kappa shape index (κ1) is 21.3. The number of benzene rings is 2. The van der Waals surface area contributed by atoms with Crippen molar-refractivity contribution in [2.75, 3.05) is 11.9 Å². The Bertz CT molecular complexity index is 985. The summed E-state index contributed by atoms with van der Waals surface area (Å²) in [6.07, 6.45) is 6.98. The fourth-order valence-electron chi connectivity index (χ4n) is 3.07. The van der Waals surface area contributed by atoms with Crippen LogP contribution in [0.1, 0.15) is 37.5 Å². The van der Waals surface area contributed by atoms with E-state index in [1.165, 1.54) is 5.56 Å². The van der Waals surface area contributed by atoms with E-state index in [1.807, 2.05) is 49.5 Å². The molecule has 0 aliphatic rings. The zero-order valence-corrected chi connectivity index (χ0v) is 18.1. The molecule has 1 aromatic heterocycles. The minimum atomic E-state index is -0.104. The number of aromatic nitrogens is 1. The molecule has 2 aromatic carbocycles. The van der Waals surface area contributed by atoms with Crippen LogP contribution in [0.25, 0.3) is 6.08 Å². The monoisotopic (exact) mass is 399 g/mol. The van der Waals surface area contributed by atoms with Crippen LogP contribution in [0, 0.1) is 0 Å². The zero-order chi connectivity index (χ0) is 21.6. The topological polar surface area (TPSA) is 45.2 Å². The van der Waals surface area contributed by atoms with Crippen molar-refractivity contribution in [1.82, 2.24) is 10.3 Å². The second kappa shape index (κ2) is 9.40. The zero-order valence-electron chi connectivity index (χ0n) is 18.1. The number of nitrogens with one attached hydrogen (secondary N) is 1. The van der Waals surface area contributed by atoms with Gasteiger partial charge in [-0.1, -0.05) is 57.2 Å². The summed E-state index contributed by atoms with van der Waals surface area (Å²) in [5.74, 6) is -0.104. The SMILES string of the molecule is CN(c1ccncc1)c1ccc(CNC(=O)/C=C/c2ccc(C(C)(C)C)cc2)cc1. The molecule has 0 bridgehead atoms. The lowest BCUT2D eigenvalue weighted by Crippen LogP contribution is -2.20. The number of hydrogen-bond acceptors (Lipinski definition) is 3. The van der Waals surface area contributed by atoms with E-state index in [-0.39, 0.29) is 11.3 Å². The molecule has 4 heteroatoms. The average molecular weight is 400 g/mol. The number of pyridine rings is 1. The third kappa shape index (κ3) is 5.80. The van der Waals surface area contributed by atoms with E-state index < -0.39 is 0 Å². The predicted octanol–water partition coefficient (Wildman–Crippen LogP) is 5.48. The van der Waals surface area contributed by atoms with Crippen LogP contribution < -0.4 is 10.2 Å². The number of anilines is 2. The van der Waals surface area contributed by atoms with Gasteiger partial charge in [0.25, 0.3) is 0 Å². The van der Waals surface area contributed by atoms with Gasteiger partial charge in [0.05, 0.1) is 0 Å². The van der Waals surface area contributed by atoms with Gasteiger partial charge in [-0.15, -0.1) is 0 Å². The first-order chi connectivity index (χ1) is 14.3. The maximum atomic E-state index is 12.2. The Kier molecular flexibility index (Phi) is 6.68. The van der Waals surface area contributed by atoms with Gasteiger partial charge >= 0.3 is 0 Å². The Labute approximate surface area is 179 Å². The maximum Gasteiger partial charge on any atom is 0.244 e. The lowest BCUT2D eigenvalue weighted by molar-refractivity contribution is -0.116. The van der Waals surface area contributed by atoms with E-state index in [0.29, 0.717) is 6.54 Å². The maximum absolute atomic E-state index is 12.2. The number of carbonyl (C=O) groups is 1. The largest absolute Gasteiger partial charge is 0.348 e. The van der Waals surface area contributed by atoms with E-state index in [1.54, 1.807) is 18.5 Å². The molecule has 0 saturated heterocycles. The van der Waals surface area contributed by atoms with Gasteiger partial charge in [-0.2, -0.15) is 0 Å². The Morgan fingerprint density at radius 1 is 0.933 bits per heavy atom. The van der Waals surface area contributed by atoms with Crippen LogP contribution in [-0.4, -0.2) is 17.9 Å². The van der Waals surface area contributed by atoms with Crippen LogP contribution in [0.3, 0.4) is 0 Å². The molecule has 0 atom stereocenters. The summed E-state index contributed by atoms with van der Waals surface area (Å²) in [6, 6.07) is 20.4. The van der Waals surface area contributed by atoms with Crippen LogP contribution in [-0.2, 0) is 16.8 Å². The van der Waals surface area contributed by atoms with Crippen LogP contribution in [0.4, 0.5) is 11.4 Å². The van der Waals surface area contributed by atoms with Crippen molar-refractivity contribution in [2.45, 2.75) is 32.7 Å². The Morgan fingerprint density at radius 3 is 2.13 bits per heavy atom. The molecule has 1 amide bonds. The average Bonchev–Trinajstić information content (AvgIpc) is 2.76. The number of hydrogen-bond donors (Lipinski definition) is 1. The molecule has 3 aromatic rings. The highest BCUT2D eigenvalue weighted by molar-refractivity contribution is 5.91. The molecule has 0 aliphatic heterocycles. The normalized spacial score (nSPS) is 11.5. The van der Waals surface area contributed by atoms with Crippen molar-refractivity contribution in [1.29, 1.82) is 0 Å². The Balaban J connectivity index is 1.52. The summed E-state index contributed by atoms with van der Waals surface area (Å²) in [6.45, 7) is 7.06. The fourth-order valence-corrected chi connectivity index (χ4v) is 3.07. The molecule has 0 spiro atoms. The van der Waals surface area contributed by atoms with Gasteiger partial charge in [0.2, 0.25) is 5.91 Å². The van der Waals surface area contributed by atoms with Crippen LogP contribution >= 0.6 is 0 Å². The third-order valence-corrected chi connectivity index (χ3v) is 5.04. The number of amides is 1. The van der Waals surface area contributed by atoms with E-state index in [0.717, 1.165) is 22.5 Å². The van der Waals surface area contributed by atoms with Crippen molar-refractivity contribution >= 4 is 23.4 Å². The lowest BCUT2D eigenvalue weighted by atomic mass is 9.87. The van der Waals surface area contributed by atoms with Crippen molar-refractivity contribution < 1.29 is 4.79 Å². The van der Waals surface area contributed by atoms with Crippen molar-refractivity contribution in [3.63, 3.8) is 0 Å². The highest BCUT2D eigenvalue weighted by atomic mass is 16.1. The van der Waals surface area contributed by atoms with Crippen molar-refractivity contribution in [3.05, 3.63) is 95.8 Å². The molecule has 1 heterocycles. The molecule has 0 aliphatic carbocycles. The lowest BCUT2D eigenvalue weighted by Gasteiger charge is -2.19. The molecule has 0 fully saturated rings. The fraction of sp³-hybridized carbons (Fsp3) is 0.231. The third-order valence-electron chi connectivity index (χ3n) is 5.04. The summed E-state index contributed by atoms with van der Waals surface area (Å²) < 4.78 is 0. The minimum Gasteiger partial charge on any atom is -0.348 e. The van der Waals surface area contributed by atoms with Gasteiger partial charge in [0.15, 0.2) is 0 Å². The predicted molar refractivity (Wildman–Crippen MR) is 125 cm³/mol. The first-order valence-electron chi connectivity index (χ1n) is 10.1. The van der Waals surface area contributed by atoms with Gasteiger partial charge in [0, 0.05) is 43.4 Å². The van der Waals surface area contributed by atoms with E-state index in [9.17, 15) is 4.79 Å². The van der Waals surface area contributed by atoms with Crippen molar-refractivity contribution in [3.8, 4) is 0 Å². The number of rotatable bonds is 6. The van der Waals surface area contributed by atoms with Crippen molar-refractivity contribution in [2.24, 2.45) is 0 Å². The van der Waals surface area contributed by atoms with Gasteiger partial charge < -0.3 is 10.2 Å². The summed E-state index contributed by atoms with van der Waals surface area (Å²) in [4.78, 5) is 18.3. The molecule has 3 rings (SSSR count). The van der Waals surface area contributed by atoms with Crippen LogP contribution in [0.2, 0.25) is 0 Å². The van der Waals surface area contributed by atoms with E-state index in [4.69, 9.17) is 0 Å². The highest BCUT2D eigenvalue weighted by Gasteiger charge is 2.12. The molecule has 1 N–H and O–H groups in total. The molecule has 4 nitrogen and oxygen atoms in total. The second-order valence-corrected chi connectivity index (χ2v) is 8.35. The standard InChI is InChI=1S/C26H29N3O/c1-26(2,3)22-10-5-20(6-11-22)9-14-25(30)28-19-21-7-12-23(13-8-21)29(4)24-15-17-27-18-16-24/h5-18H,19H2,1-4H3,(H,28,30)/b14-9+. The van der Waals surface area contributed by atoms with E-state index >= 15 is 0 Å². The molecular formula is C26H29N3O. The van der Waals surface area contributed by atoms with Gasteiger partial charge in [-0.3, -0.25) is 9.78 Å². The van der Waals surface area contributed by atoms with Gasteiger partial charge in [-0.25, -0.2) is 0 Å². The number of nitrogens with zero attached hydrogens (tertiary/aromatic N) is 2. The molecule has 0 radical (unpaired) electrons. The number of carbonyl (C=O) groups excluding carboxylic acids is 1. The smallest absolute Gasteiger partial charge is 0.244 e. The van der Waals surface area contributed by atoms with E-state index in [2.05, 4.69) is 60.2 Å². The van der Waals surface area contributed by atoms with Gasteiger partial charge in [-0.05, 0) is 52.4 Å². The molecular weight excluding hydrogens is 370 g/mol. The Morgan fingerprint density at radius 2 is 1.53 bits per heavy atom. The molecule has 0 unspecified atom stereocenters. The summed E-state index contributed by atoms with van der Waals surface area (Å²) in [5.41, 5.74) is 5.63. The first-order valence-corrected chi connectivity index (χ1v) is 10.1. The summed E-state index contributed by atoms with van der Waals surface area (Å²) in [7, 11) is 2.02. The summed E-state index contributed by atoms with van der Waals surface area (Å²) >= 11 is 0. The van der Waals surface area contributed by atoms with Crippen LogP contribution in [0.5, 0.6) is 0 Å². The quantitative estimate of drug-likeness (QED) is 0.559. The summed E-state index contributed by atoms with van der Waals surface area (Å²) in [5, 5.41) is 2.94. The minimum absolute atomic E-state index is 0.104. The van der Waals surface area contributed by atoms with Gasteiger partial charge in [0.1, 0.15) is 0 Å². The Hall–Kier alpha value is -3.40. The molecule has 154 valence electrons. The molecule has 0 saturated carbocycles.